The number of hydrogen-bond donors (Lipinski definition) is 0. The first kappa shape index (κ1) is 18.0. The highest BCUT2D eigenvalue weighted by atomic mass is 32.1. The Hall–Kier alpha value is -3.08. The highest BCUT2D eigenvalue weighted by Gasteiger charge is 2.16. The van der Waals surface area contributed by atoms with Crippen molar-refractivity contribution in [3.63, 3.8) is 0 Å². The summed E-state index contributed by atoms with van der Waals surface area (Å²) in [5, 5.41) is 2.36. The number of rotatable bonds is 5. The highest BCUT2D eigenvalue weighted by Crippen LogP contribution is 2.24. The Morgan fingerprint density at radius 3 is 2.38 bits per heavy atom. The normalized spacial score (nSPS) is 12.0. The molecule has 0 unspecified atom stereocenters. The average Bonchev–Trinajstić information content (AvgIpc) is 3.33. The number of hydrogen-bond acceptors (Lipinski definition) is 3. The van der Waals surface area contributed by atoms with Crippen LogP contribution >= 0.6 is 22.7 Å². The van der Waals surface area contributed by atoms with Gasteiger partial charge < -0.3 is 0 Å². The smallest absolute Gasteiger partial charge is 0.241 e. The van der Waals surface area contributed by atoms with Crippen LogP contribution in [0.5, 0.6) is 0 Å². The summed E-state index contributed by atoms with van der Waals surface area (Å²) in [6.45, 7) is 0. The van der Waals surface area contributed by atoms with Crippen molar-refractivity contribution in [2.45, 2.75) is 6.42 Å². The van der Waals surface area contributed by atoms with Crippen LogP contribution in [0, 0.1) is 0 Å². The van der Waals surface area contributed by atoms with Gasteiger partial charge in [0.2, 0.25) is 5.52 Å². The lowest BCUT2D eigenvalue weighted by molar-refractivity contribution is -0.534. The van der Waals surface area contributed by atoms with Crippen LogP contribution in [-0.2, 0) is 6.42 Å². The summed E-state index contributed by atoms with van der Waals surface area (Å²) in [5.41, 5.74) is 3.51. The summed E-state index contributed by atoms with van der Waals surface area (Å²) in [5.74, 6) is 0. The SMILES string of the molecule is C(=Cc1sc2ccccc2[n+]1C=Cc1ccccc1)Cc1nc2ccccc2s1. The molecule has 4 heteroatoms. The largest absolute Gasteiger partial charge is 0.267 e. The Bertz CT molecular complexity index is 1290. The van der Waals surface area contributed by atoms with Gasteiger partial charge >= 0.3 is 0 Å². The fourth-order valence-electron chi connectivity index (χ4n) is 3.28. The Morgan fingerprint density at radius 1 is 0.759 bits per heavy atom. The molecule has 140 valence electrons. The number of benzene rings is 3. The van der Waals surface area contributed by atoms with Gasteiger partial charge in [0.1, 0.15) is 4.70 Å². The zero-order valence-electron chi connectivity index (χ0n) is 15.7. The monoisotopic (exact) mass is 411 g/mol. The maximum Gasteiger partial charge on any atom is 0.267 e. The zero-order chi connectivity index (χ0) is 19.5. The molecular weight excluding hydrogens is 392 g/mol. The van der Waals surface area contributed by atoms with Crippen molar-refractivity contribution in [1.29, 1.82) is 0 Å². The molecule has 0 atom stereocenters. The van der Waals surface area contributed by atoms with E-state index in [-0.39, 0.29) is 0 Å². The molecule has 3 aromatic carbocycles. The Morgan fingerprint density at radius 2 is 1.52 bits per heavy atom. The molecule has 0 amide bonds. The molecule has 0 spiro atoms. The average molecular weight is 412 g/mol. The first-order valence-corrected chi connectivity index (χ1v) is 11.2. The molecule has 0 saturated heterocycles. The molecule has 29 heavy (non-hydrogen) atoms. The number of thiazole rings is 2. The lowest BCUT2D eigenvalue weighted by atomic mass is 10.2. The predicted molar refractivity (Wildman–Crippen MR) is 126 cm³/mol. The van der Waals surface area contributed by atoms with Crippen molar-refractivity contribution in [1.82, 2.24) is 4.98 Å². The van der Waals surface area contributed by atoms with Crippen molar-refractivity contribution in [3.05, 3.63) is 101 Å². The zero-order valence-corrected chi connectivity index (χ0v) is 17.4. The molecule has 5 rings (SSSR count). The van der Waals surface area contributed by atoms with Crippen LogP contribution in [0.15, 0.2) is 84.9 Å². The molecule has 0 N–H and O–H groups in total. The van der Waals surface area contributed by atoms with Crippen LogP contribution in [0.4, 0.5) is 0 Å². The molecule has 2 heterocycles. The Kier molecular flexibility index (Phi) is 5.03. The van der Waals surface area contributed by atoms with Crippen LogP contribution in [0.1, 0.15) is 15.6 Å². The molecule has 2 aromatic heterocycles. The molecule has 0 radical (unpaired) electrons. The van der Waals surface area contributed by atoms with Gasteiger partial charge in [0.05, 0.1) is 15.2 Å². The second-order valence-electron chi connectivity index (χ2n) is 6.69. The van der Waals surface area contributed by atoms with E-state index in [1.54, 1.807) is 11.3 Å². The lowest BCUT2D eigenvalue weighted by Gasteiger charge is -1.91. The summed E-state index contributed by atoms with van der Waals surface area (Å²) < 4.78 is 4.80. The van der Waals surface area contributed by atoms with Crippen LogP contribution in [0.2, 0.25) is 0 Å². The molecule has 0 bridgehead atoms. The minimum Gasteiger partial charge on any atom is -0.241 e. The fraction of sp³-hybridized carbons (Fsp3) is 0.0400. The topological polar surface area (TPSA) is 16.8 Å². The first-order chi connectivity index (χ1) is 14.4. The third kappa shape index (κ3) is 3.90. The Balaban J connectivity index is 1.45. The van der Waals surface area contributed by atoms with E-state index < -0.39 is 0 Å². The van der Waals surface area contributed by atoms with Gasteiger partial charge in [0.15, 0.2) is 6.20 Å². The summed E-state index contributed by atoms with van der Waals surface area (Å²) in [6, 6.07) is 27.3. The van der Waals surface area contributed by atoms with Crippen LogP contribution < -0.4 is 4.57 Å². The van der Waals surface area contributed by atoms with E-state index in [9.17, 15) is 0 Å². The van der Waals surface area contributed by atoms with E-state index in [0.29, 0.717) is 0 Å². The van der Waals surface area contributed by atoms with Gasteiger partial charge in [-0.1, -0.05) is 72.0 Å². The number of fused-ring (bicyclic) bond motifs is 2. The van der Waals surface area contributed by atoms with Gasteiger partial charge in [-0.2, -0.15) is 4.57 Å². The molecule has 2 nitrogen and oxygen atoms in total. The quantitative estimate of drug-likeness (QED) is 0.295. The van der Waals surface area contributed by atoms with Gasteiger partial charge in [0.25, 0.3) is 5.01 Å². The third-order valence-corrected chi connectivity index (χ3v) is 6.85. The van der Waals surface area contributed by atoms with Gasteiger partial charge in [-0.05, 0) is 23.8 Å². The van der Waals surface area contributed by atoms with E-state index >= 15 is 0 Å². The van der Waals surface area contributed by atoms with E-state index in [4.69, 9.17) is 4.98 Å². The van der Waals surface area contributed by atoms with Gasteiger partial charge in [-0.3, -0.25) is 0 Å². The molecule has 0 aliphatic rings. The Labute approximate surface area is 177 Å². The number of nitrogens with zero attached hydrogens (tertiary/aromatic N) is 2. The predicted octanol–water partition coefficient (Wildman–Crippen LogP) is 6.68. The van der Waals surface area contributed by atoms with Crippen LogP contribution in [0.3, 0.4) is 0 Å². The van der Waals surface area contributed by atoms with Crippen LogP contribution in [-0.4, -0.2) is 4.98 Å². The number of aromatic nitrogens is 2. The van der Waals surface area contributed by atoms with Gasteiger partial charge in [0, 0.05) is 24.6 Å². The summed E-state index contributed by atoms with van der Waals surface area (Å²) in [6.07, 6.45) is 9.59. The summed E-state index contributed by atoms with van der Waals surface area (Å²) in [4.78, 5) is 4.73. The van der Waals surface area contributed by atoms with Crippen molar-refractivity contribution in [3.8, 4) is 0 Å². The summed E-state index contributed by atoms with van der Waals surface area (Å²) >= 11 is 3.58. The summed E-state index contributed by atoms with van der Waals surface area (Å²) in [7, 11) is 0. The van der Waals surface area contributed by atoms with Crippen molar-refractivity contribution >= 4 is 61.5 Å². The second kappa shape index (κ2) is 8.11. The fourth-order valence-corrected chi connectivity index (χ4v) is 5.29. The first-order valence-electron chi connectivity index (χ1n) is 9.54. The molecule has 0 aliphatic heterocycles. The van der Waals surface area contributed by atoms with E-state index in [1.165, 1.54) is 25.5 Å². The van der Waals surface area contributed by atoms with Crippen molar-refractivity contribution in [2.75, 3.05) is 0 Å². The minimum absolute atomic E-state index is 0.843. The molecular formula is C25H19N2S2+. The molecule has 0 aliphatic carbocycles. The van der Waals surface area contributed by atoms with E-state index in [0.717, 1.165) is 16.9 Å². The maximum absolute atomic E-state index is 4.73. The molecule has 0 saturated carbocycles. The van der Waals surface area contributed by atoms with Gasteiger partial charge in [-0.15, -0.1) is 11.3 Å². The van der Waals surface area contributed by atoms with Crippen molar-refractivity contribution < 1.29 is 4.57 Å². The standard InChI is InChI=1S/C25H19N2S2/c1-2-9-19(10-3-1)17-18-27-21-12-5-7-14-23(21)29-25(27)16-8-15-24-26-20-11-4-6-13-22(20)28-24/h1-14,16-18H,15H2/q+1. The lowest BCUT2D eigenvalue weighted by Crippen LogP contribution is -2.26. The third-order valence-electron chi connectivity index (χ3n) is 4.68. The second-order valence-corrected chi connectivity index (χ2v) is 8.86. The number of allylic oxidation sites excluding steroid dienone is 1. The van der Waals surface area contributed by atoms with E-state index in [1.807, 2.05) is 23.5 Å². The number of para-hydroxylation sites is 2. The van der Waals surface area contributed by atoms with Gasteiger partial charge in [-0.25, -0.2) is 4.98 Å². The molecule has 0 fully saturated rings. The molecule has 5 aromatic rings. The van der Waals surface area contributed by atoms with Crippen molar-refractivity contribution in [2.24, 2.45) is 0 Å². The minimum atomic E-state index is 0.843. The van der Waals surface area contributed by atoms with E-state index in [2.05, 4.69) is 95.7 Å². The maximum atomic E-state index is 4.73. The van der Waals surface area contributed by atoms with Crippen LogP contribution in [0.25, 0.3) is 38.8 Å². The highest BCUT2D eigenvalue weighted by molar-refractivity contribution is 7.19.